The highest BCUT2D eigenvalue weighted by Gasteiger charge is 2.08. The molecule has 0 aromatic rings. The minimum atomic E-state index is -2.74. The van der Waals surface area contributed by atoms with E-state index < -0.39 is 17.8 Å². The fourth-order valence-corrected chi connectivity index (χ4v) is 0.189. The summed E-state index contributed by atoms with van der Waals surface area (Å²) in [6.07, 6.45) is 0. The Labute approximate surface area is 55.8 Å². The first-order valence-electron chi connectivity index (χ1n) is 3.16. The molecule has 0 rings (SSSR count). The molecule has 0 aliphatic heterocycles. The molecule has 0 aromatic carbocycles. The van der Waals surface area contributed by atoms with Crippen molar-refractivity contribution in [2.24, 2.45) is 5.73 Å². The standard InChI is InChI=1S/C3H7ClN2O2/c4-1-2(5)3(7)6-8/h2,8H,1,5H2,(H,6,7)/i1D2,2D,6+1. The van der Waals surface area contributed by atoms with E-state index in [0.717, 1.165) is 5.48 Å². The van der Waals surface area contributed by atoms with Gasteiger partial charge in [0.1, 0.15) is 0 Å². The van der Waals surface area contributed by atoms with Gasteiger partial charge in [-0.3, -0.25) is 10.0 Å². The first-order chi connectivity index (χ1) is 4.73. The zero-order chi connectivity index (χ0) is 9.28. The van der Waals surface area contributed by atoms with Gasteiger partial charge in [0.25, 0.3) is 5.91 Å². The van der Waals surface area contributed by atoms with Crippen molar-refractivity contribution >= 4 is 17.5 Å². The third-order valence-electron chi connectivity index (χ3n) is 0.448. The summed E-state index contributed by atoms with van der Waals surface area (Å²) >= 11 is 4.95. The third-order valence-corrected chi connectivity index (χ3v) is 0.652. The molecule has 0 spiro atoms. The Bertz CT molecular complexity index is 168. The monoisotopic (exact) mass is 142 g/mol. The molecule has 1 amide bonds. The van der Waals surface area contributed by atoms with E-state index in [1.807, 2.05) is 0 Å². The summed E-state index contributed by atoms with van der Waals surface area (Å²) in [6, 6.07) is -2.71. The van der Waals surface area contributed by atoms with E-state index in [0.29, 0.717) is 0 Å². The summed E-state index contributed by atoms with van der Waals surface area (Å²) in [5.41, 5.74) is 5.87. The maximum absolute atomic E-state index is 10.5. The normalized spacial score (nSPS) is 24.1. The Hall–Kier alpha value is -0.320. The van der Waals surface area contributed by atoms with Crippen LogP contribution in [0.25, 0.3) is 0 Å². The van der Waals surface area contributed by atoms with Crippen LogP contribution in [0, 0.1) is 0 Å². The van der Waals surface area contributed by atoms with Crippen molar-refractivity contribution in [1.82, 2.24) is 5.48 Å². The molecule has 5 heteroatoms. The molecule has 8 heavy (non-hydrogen) atoms. The molecule has 0 saturated heterocycles. The Morgan fingerprint density at radius 1 is 2.38 bits per heavy atom. The van der Waals surface area contributed by atoms with Gasteiger partial charge in [-0.25, -0.2) is 5.48 Å². The highest BCUT2D eigenvalue weighted by molar-refractivity contribution is 6.19. The number of nitrogens with one attached hydrogen (secondary N) is 1. The van der Waals surface area contributed by atoms with Crippen molar-refractivity contribution in [3.63, 3.8) is 0 Å². The van der Waals surface area contributed by atoms with Gasteiger partial charge in [0, 0.05) is 8.57 Å². The number of carbonyl (C=O) groups excluding carboxylic acids is 1. The van der Waals surface area contributed by atoms with Crippen LogP contribution in [-0.4, -0.2) is 23.0 Å². The van der Waals surface area contributed by atoms with Crippen molar-refractivity contribution < 1.29 is 14.1 Å². The van der Waals surface area contributed by atoms with Gasteiger partial charge in [-0.05, 0) is 0 Å². The molecule has 0 aromatic heterocycles. The number of nitrogens with two attached hydrogens (primary N) is 1. The van der Waals surface area contributed by atoms with Gasteiger partial charge in [0.05, 0.1) is 7.39 Å². The Balaban J connectivity index is 4.59. The van der Waals surface area contributed by atoms with Gasteiger partial charge in [-0.15, -0.1) is 11.6 Å². The molecule has 0 fully saturated rings. The first-order valence-corrected chi connectivity index (χ1v) is 2.03. The van der Waals surface area contributed by atoms with E-state index in [1.54, 1.807) is 0 Å². The number of hydrogen-bond donors (Lipinski definition) is 3. The molecule has 1 atom stereocenters. The average Bonchev–Trinajstić information content (AvgIpc) is 1.83. The van der Waals surface area contributed by atoms with E-state index in [4.69, 9.17) is 26.7 Å². The van der Waals surface area contributed by atoms with E-state index in [1.165, 1.54) is 0 Å². The van der Waals surface area contributed by atoms with Crippen LogP contribution in [0.5, 0.6) is 0 Å². The lowest BCUT2D eigenvalue weighted by Crippen LogP contribution is -2.40. The number of amides is 1. The smallest absolute Gasteiger partial charge is 0.261 e. The Morgan fingerprint density at radius 3 is 3.00 bits per heavy atom. The summed E-state index contributed by atoms with van der Waals surface area (Å²) in [4.78, 5) is 10.5. The fraction of sp³-hybridized carbons (Fsp3) is 0.667. The molecular formula is C3H7ClN2O2. The summed E-state index contributed by atoms with van der Waals surface area (Å²) < 4.78 is 20.3. The van der Waals surface area contributed by atoms with Gasteiger partial charge < -0.3 is 5.73 Å². The molecular weight excluding hydrogens is 132 g/mol. The van der Waals surface area contributed by atoms with Crippen molar-refractivity contribution in [2.45, 2.75) is 6.02 Å². The van der Waals surface area contributed by atoms with Crippen LogP contribution < -0.4 is 11.2 Å². The second-order valence-electron chi connectivity index (χ2n) is 0.949. The molecule has 4 N–H and O–H groups in total. The van der Waals surface area contributed by atoms with Gasteiger partial charge in [0.2, 0.25) is 0 Å². The Kier molecular flexibility index (Phi) is 1.67. The van der Waals surface area contributed by atoms with Crippen LogP contribution in [0.15, 0.2) is 0 Å². The van der Waals surface area contributed by atoms with Crippen LogP contribution in [0.2, 0.25) is 0 Å². The molecule has 1 unspecified atom stereocenters. The zero-order valence-electron chi connectivity index (χ0n) is 6.81. The largest absolute Gasteiger partial charge is 0.319 e. The minimum absolute atomic E-state index is 1.04. The maximum Gasteiger partial charge on any atom is 0.261 e. The predicted octanol–water partition coefficient (Wildman–Crippen LogP) is -0.942. The highest BCUT2D eigenvalue weighted by atomic mass is 35.5. The van der Waals surface area contributed by atoms with Crippen LogP contribution in [-0.2, 0) is 4.79 Å². The number of alkyl halides is 1. The topological polar surface area (TPSA) is 75.4 Å². The first kappa shape index (κ1) is 3.66. The van der Waals surface area contributed by atoms with Gasteiger partial charge in [0.15, 0.2) is 0 Å². The van der Waals surface area contributed by atoms with Gasteiger partial charge in [-0.2, -0.15) is 0 Å². The van der Waals surface area contributed by atoms with Crippen LogP contribution in [0.4, 0.5) is 0 Å². The van der Waals surface area contributed by atoms with E-state index in [2.05, 4.69) is 0 Å². The summed E-state index contributed by atoms with van der Waals surface area (Å²) in [6.45, 7) is 0. The number of hydroxylamine groups is 1. The summed E-state index contributed by atoms with van der Waals surface area (Å²) in [5, 5.41) is 8.01. The van der Waals surface area contributed by atoms with Crippen molar-refractivity contribution in [3.05, 3.63) is 0 Å². The lowest BCUT2D eigenvalue weighted by atomic mass is 10.4. The molecule has 0 bridgehead atoms. The maximum atomic E-state index is 10.5. The molecule has 48 valence electrons. The van der Waals surface area contributed by atoms with E-state index in [9.17, 15) is 4.79 Å². The molecule has 4 nitrogen and oxygen atoms in total. The van der Waals surface area contributed by atoms with Crippen molar-refractivity contribution in [3.8, 4) is 0 Å². The van der Waals surface area contributed by atoms with Gasteiger partial charge in [-0.1, -0.05) is 0 Å². The summed E-state index contributed by atoms with van der Waals surface area (Å²) in [7, 11) is 0. The number of rotatable bonds is 2. The quantitative estimate of drug-likeness (QED) is 0.202. The zero-order valence-corrected chi connectivity index (χ0v) is 4.57. The van der Waals surface area contributed by atoms with Crippen LogP contribution in [0.3, 0.4) is 0 Å². The second-order valence-corrected chi connectivity index (χ2v) is 1.14. The molecule has 0 saturated carbocycles. The van der Waals surface area contributed by atoms with Crippen LogP contribution >= 0.6 is 11.6 Å². The second kappa shape index (κ2) is 3.65. The molecule has 0 heterocycles. The van der Waals surface area contributed by atoms with Crippen molar-refractivity contribution in [1.29, 1.82) is 0 Å². The lowest BCUT2D eigenvalue weighted by molar-refractivity contribution is -0.130. The SMILES string of the molecule is [2H]C([2H])(Cl)C([2H])(N)C(=O)[15NH]O. The number of hydrogen-bond acceptors (Lipinski definition) is 3. The highest BCUT2D eigenvalue weighted by Crippen LogP contribution is 1.81. The predicted molar refractivity (Wildman–Crippen MR) is 28.6 cm³/mol. The number of halogens is 1. The Morgan fingerprint density at radius 2 is 2.88 bits per heavy atom. The third kappa shape index (κ3) is 2.11. The fourth-order valence-electron chi connectivity index (χ4n) is 0.103. The van der Waals surface area contributed by atoms with Crippen molar-refractivity contribution in [2.75, 3.05) is 5.83 Å². The van der Waals surface area contributed by atoms with E-state index in [-0.39, 0.29) is 0 Å². The molecule has 0 aliphatic carbocycles. The van der Waals surface area contributed by atoms with Crippen LogP contribution in [0.1, 0.15) is 4.11 Å². The minimum Gasteiger partial charge on any atom is -0.319 e. The average molecular weight is 143 g/mol. The van der Waals surface area contributed by atoms with E-state index >= 15 is 0 Å². The molecule has 0 radical (unpaired) electrons. The van der Waals surface area contributed by atoms with Gasteiger partial charge >= 0.3 is 0 Å². The lowest BCUT2D eigenvalue weighted by Gasteiger charge is -2.01. The number of carbonyl (C=O) groups is 1. The summed E-state index contributed by atoms with van der Waals surface area (Å²) in [5.74, 6) is -4.14. The molecule has 0 aliphatic rings.